The molecule has 2 aromatic rings. The number of aliphatic hydroxyl groups is 1. The van der Waals surface area contributed by atoms with E-state index in [2.05, 4.69) is 27.3 Å². The van der Waals surface area contributed by atoms with Gasteiger partial charge in [-0.05, 0) is 56.2 Å². The number of piperidine rings is 1. The zero-order valence-corrected chi connectivity index (χ0v) is 18.7. The number of aliphatic hydroxyl groups excluding tert-OH is 1. The quantitative estimate of drug-likeness (QED) is 0.692. The average molecular weight is 470 g/mol. The van der Waals surface area contributed by atoms with Crippen molar-refractivity contribution in [1.82, 2.24) is 19.9 Å². The highest BCUT2D eigenvalue weighted by atomic mass is 19.4. The van der Waals surface area contributed by atoms with E-state index in [-0.39, 0.29) is 0 Å². The van der Waals surface area contributed by atoms with Gasteiger partial charge in [-0.1, -0.05) is 11.3 Å². The Morgan fingerprint density at radius 3 is 2.36 bits per heavy atom. The zero-order valence-electron chi connectivity index (χ0n) is 18.7. The topological polar surface area (TPSA) is 101 Å². The van der Waals surface area contributed by atoms with Crippen LogP contribution in [-0.2, 0) is 24.2 Å². The lowest BCUT2D eigenvalue weighted by molar-refractivity contribution is -0.192. The van der Waals surface area contributed by atoms with Crippen LogP contribution < -0.4 is 4.74 Å². The van der Waals surface area contributed by atoms with Crippen molar-refractivity contribution in [3.8, 4) is 5.75 Å². The number of benzene rings is 1. The Bertz CT molecular complexity index is 954. The third kappa shape index (κ3) is 6.44. The molecular weight excluding hydrogens is 441 g/mol. The standard InChI is InChI=1S/C20H28N4O2.C2HF3O2/c1-14(25)19-13-24(22-21-19)18-6-8-23(9-7-18)12-17-10-15-4-3-5-16(15)11-20(17)26-2;3-2(4,5)1(6)7/h10-11,13-14,18,25H,3-9,12H2,1-2H3;(H,6,7). The summed E-state index contributed by atoms with van der Waals surface area (Å²) in [5.74, 6) is -1.72. The van der Waals surface area contributed by atoms with Gasteiger partial charge in [0.25, 0.3) is 0 Å². The van der Waals surface area contributed by atoms with Crippen LogP contribution in [0.1, 0.15) is 60.7 Å². The van der Waals surface area contributed by atoms with Crippen LogP contribution in [0.2, 0.25) is 0 Å². The summed E-state index contributed by atoms with van der Waals surface area (Å²) in [6.45, 7) is 4.74. The first kappa shape index (κ1) is 25.0. The molecule has 1 aliphatic heterocycles. The minimum atomic E-state index is -5.08. The maximum Gasteiger partial charge on any atom is 0.490 e. The van der Waals surface area contributed by atoms with Crippen LogP contribution in [-0.4, -0.2) is 62.5 Å². The van der Waals surface area contributed by atoms with E-state index in [1.165, 1.54) is 36.0 Å². The molecule has 2 N–H and O–H groups in total. The summed E-state index contributed by atoms with van der Waals surface area (Å²) in [7, 11) is 1.77. The number of hydrogen-bond acceptors (Lipinski definition) is 6. The Balaban J connectivity index is 0.000000383. The van der Waals surface area contributed by atoms with Gasteiger partial charge in [0.1, 0.15) is 11.4 Å². The summed E-state index contributed by atoms with van der Waals surface area (Å²) < 4.78 is 39.3. The van der Waals surface area contributed by atoms with Gasteiger partial charge in [-0.15, -0.1) is 5.10 Å². The number of aryl methyl sites for hydroxylation is 2. The van der Waals surface area contributed by atoms with Gasteiger partial charge in [0.2, 0.25) is 0 Å². The molecule has 0 saturated carbocycles. The van der Waals surface area contributed by atoms with Gasteiger partial charge in [0.05, 0.1) is 25.5 Å². The molecule has 1 fully saturated rings. The molecule has 0 amide bonds. The summed E-state index contributed by atoms with van der Waals surface area (Å²) in [5.41, 5.74) is 4.92. The number of ether oxygens (including phenoxy) is 1. The van der Waals surface area contributed by atoms with E-state index in [9.17, 15) is 18.3 Å². The Hall–Kier alpha value is -2.66. The Morgan fingerprint density at radius 1 is 1.24 bits per heavy atom. The molecular formula is C22H29F3N4O4. The molecule has 1 atom stereocenters. The highest BCUT2D eigenvalue weighted by Gasteiger charge is 2.38. The van der Waals surface area contributed by atoms with Crippen LogP contribution >= 0.6 is 0 Å². The third-order valence-electron chi connectivity index (χ3n) is 6.02. The van der Waals surface area contributed by atoms with Crippen LogP contribution in [0.25, 0.3) is 0 Å². The van der Waals surface area contributed by atoms with Crippen molar-refractivity contribution in [2.45, 2.75) is 63.9 Å². The van der Waals surface area contributed by atoms with E-state index in [1.807, 2.05) is 10.9 Å². The van der Waals surface area contributed by atoms with Crippen molar-refractivity contribution in [1.29, 1.82) is 0 Å². The van der Waals surface area contributed by atoms with Crippen LogP contribution in [0, 0.1) is 0 Å². The second-order valence-corrected chi connectivity index (χ2v) is 8.40. The fourth-order valence-corrected chi connectivity index (χ4v) is 4.21. The van der Waals surface area contributed by atoms with E-state index in [1.54, 1.807) is 14.0 Å². The number of methoxy groups -OCH3 is 1. The molecule has 2 aliphatic rings. The largest absolute Gasteiger partial charge is 0.496 e. The molecule has 1 saturated heterocycles. The lowest BCUT2D eigenvalue weighted by atomic mass is 10.0. The Labute approximate surface area is 190 Å². The molecule has 4 rings (SSSR count). The number of carboxylic acid groups (broad SMARTS) is 1. The molecule has 11 heteroatoms. The van der Waals surface area contributed by atoms with Crippen molar-refractivity contribution in [2.24, 2.45) is 0 Å². The highest BCUT2D eigenvalue weighted by Crippen LogP contribution is 2.32. The molecule has 1 aromatic heterocycles. The van der Waals surface area contributed by atoms with Gasteiger partial charge in [-0.2, -0.15) is 13.2 Å². The fraction of sp³-hybridized carbons (Fsp3) is 0.591. The SMILES string of the molecule is COc1cc2c(cc1CN1CCC(n3cc(C(C)O)nn3)CC1)CCC2.O=C(O)C(F)(F)F. The number of alkyl halides is 3. The lowest BCUT2D eigenvalue weighted by Gasteiger charge is -2.32. The molecule has 1 aromatic carbocycles. The van der Waals surface area contributed by atoms with Gasteiger partial charge >= 0.3 is 12.1 Å². The van der Waals surface area contributed by atoms with E-state index >= 15 is 0 Å². The number of rotatable bonds is 5. The summed E-state index contributed by atoms with van der Waals surface area (Å²) in [4.78, 5) is 11.4. The molecule has 0 spiro atoms. The molecule has 0 radical (unpaired) electrons. The maximum atomic E-state index is 10.6. The number of likely N-dealkylation sites (tertiary alicyclic amines) is 1. The van der Waals surface area contributed by atoms with Crippen molar-refractivity contribution >= 4 is 5.97 Å². The highest BCUT2D eigenvalue weighted by molar-refractivity contribution is 5.73. The summed E-state index contributed by atoms with van der Waals surface area (Å²) >= 11 is 0. The molecule has 2 heterocycles. The minimum Gasteiger partial charge on any atom is -0.496 e. The third-order valence-corrected chi connectivity index (χ3v) is 6.02. The molecule has 1 aliphatic carbocycles. The van der Waals surface area contributed by atoms with Crippen molar-refractivity contribution in [3.05, 3.63) is 40.7 Å². The average Bonchev–Trinajstić information content (AvgIpc) is 3.43. The predicted molar refractivity (Wildman–Crippen MR) is 113 cm³/mol. The number of carbonyl (C=O) groups is 1. The molecule has 33 heavy (non-hydrogen) atoms. The number of aliphatic carboxylic acids is 1. The molecule has 0 bridgehead atoms. The molecule has 8 nitrogen and oxygen atoms in total. The van der Waals surface area contributed by atoms with E-state index in [0.29, 0.717) is 11.7 Å². The van der Waals surface area contributed by atoms with E-state index in [4.69, 9.17) is 14.6 Å². The molecule has 182 valence electrons. The van der Waals surface area contributed by atoms with Crippen LogP contribution in [0.3, 0.4) is 0 Å². The first-order chi connectivity index (χ1) is 15.6. The first-order valence-corrected chi connectivity index (χ1v) is 10.9. The number of fused-ring (bicyclic) bond motifs is 1. The maximum absolute atomic E-state index is 10.6. The van der Waals surface area contributed by atoms with Crippen LogP contribution in [0.4, 0.5) is 13.2 Å². The van der Waals surface area contributed by atoms with Gasteiger partial charge < -0.3 is 14.9 Å². The van der Waals surface area contributed by atoms with E-state index in [0.717, 1.165) is 38.2 Å². The van der Waals surface area contributed by atoms with Gasteiger partial charge in [-0.3, -0.25) is 4.90 Å². The van der Waals surface area contributed by atoms with Gasteiger partial charge in [-0.25, -0.2) is 9.48 Å². The lowest BCUT2D eigenvalue weighted by Crippen LogP contribution is -2.34. The fourth-order valence-electron chi connectivity index (χ4n) is 4.21. The van der Waals surface area contributed by atoms with Crippen LogP contribution in [0.15, 0.2) is 18.3 Å². The number of nitrogens with zero attached hydrogens (tertiary/aromatic N) is 4. The summed E-state index contributed by atoms with van der Waals surface area (Å²) in [6, 6.07) is 4.98. The summed E-state index contributed by atoms with van der Waals surface area (Å²) in [6.07, 6.45) is 1.99. The van der Waals surface area contributed by atoms with Crippen molar-refractivity contribution in [2.75, 3.05) is 20.2 Å². The number of hydrogen-bond donors (Lipinski definition) is 2. The zero-order chi connectivity index (χ0) is 24.2. The number of aromatic nitrogens is 3. The van der Waals surface area contributed by atoms with Crippen molar-refractivity contribution < 1.29 is 32.9 Å². The van der Waals surface area contributed by atoms with Crippen LogP contribution in [0.5, 0.6) is 5.75 Å². The minimum absolute atomic E-state index is 0.369. The Morgan fingerprint density at radius 2 is 1.85 bits per heavy atom. The molecule has 1 unspecified atom stereocenters. The van der Waals surface area contributed by atoms with Gasteiger partial charge in [0.15, 0.2) is 0 Å². The van der Waals surface area contributed by atoms with Gasteiger partial charge in [0, 0.05) is 25.2 Å². The Kier molecular flexibility index (Phi) is 7.96. The smallest absolute Gasteiger partial charge is 0.490 e. The van der Waals surface area contributed by atoms with Crippen molar-refractivity contribution in [3.63, 3.8) is 0 Å². The first-order valence-electron chi connectivity index (χ1n) is 10.9. The second-order valence-electron chi connectivity index (χ2n) is 8.40. The monoisotopic (exact) mass is 470 g/mol. The van der Waals surface area contributed by atoms with E-state index < -0.39 is 18.2 Å². The number of carboxylic acids is 1. The predicted octanol–water partition coefficient (Wildman–Crippen LogP) is 3.30. The second kappa shape index (κ2) is 10.5. The summed E-state index contributed by atoms with van der Waals surface area (Å²) in [5, 5.41) is 25.0. The number of halogens is 3. The normalized spacial score (nSPS) is 17.8.